The van der Waals surface area contributed by atoms with E-state index in [1.165, 1.54) is 0 Å². The maximum Gasteiger partial charge on any atom is 0.100 e. The van der Waals surface area contributed by atoms with Crippen LogP contribution in [0, 0.1) is 18.3 Å². The summed E-state index contributed by atoms with van der Waals surface area (Å²) in [6.45, 7) is 1.95. The Hall–Kier alpha value is -0.460. The molecule has 1 rings (SSSR count). The molecule has 0 fully saturated rings. The van der Waals surface area contributed by atoms with Crippen LogP contribution in [0.3, 0.4) is 0 Å². The van der Waals surface area contributed by atoms with Crippen molar-refractivity contribution in [3.05, 3.63) is 27.7 Å². The first-order chi connectivity index (χ1) is 5.16. The van der Waals surface area contributed by atoms with Crippen LogP contribution in [0.15, 0.2) is 21.5 Å². The van der Waals surface area contributed by atoms with Gasteiger partial charge in [0.15, 0.2) is 0 Å². The lowest BCUT2D eigenvalue weighted by Gasteiger charge is -2.01. The second kappa shape index (κ2) is 3.29. The molecule has 0 aromatic heterocycles. The van der Waals surface area contributed by atoms with Gasteiger partial charge in [-0.3, -0.25) is 0 Å². The molecule has 0 heterocycles. The third-order valence-corrected chi connectivity index (χ3v) is 3.14. The highest BCUT2D eigenvalue weighted by Crippen LogP contribution is 2.27. The highest BCUT2D eigenvalue weighted by atomic mass is 79.9. The average molecular weight is 228 g/mol. The maximum atomic E-state index is 8.62. The van der Waals surface area contributed by atoms with E-state index in [1.54, 1.807) is 6.07 Å². The zero-order valence-corrected chi connectivity index (χ0v) is 8.41. The minimum absolute atomic E-state index is 0.626. The average Bonchev–Trinajstić information content (AvgIpc) is 2.01. The molecule has 0 N–H and O–H groups in total. The minimum atomic E-state index is 0.626. The van der Waals surface area contributed by atoms with Crippen molar-refractivity contribution in [2.75, 3.05) is 0 Å². The lowest BCUT2D eigenvalue weighted by Crippen LogP contribution is -1.82. The summed E-state index contributed by atoms with van der Waals surface area (Å²) in [5, 5.41) is 8.62. The van der Waals surface area contributed by atoms with Crippen molar-refractivity contribution in [3.8, 4) is 6.07 Å². The molecule has 0 saturated heterocycles. The van der Waals surface area contributed by atoms with E-state index in [0.717, 1.165) is 14.9 Å². The standard InChI is InChI=1S/C8H6BrNS/c1-5-2-3-6(4-10)7(9)8(5)11/h2-3,11H,1H3. The molecule has 0 bridgehead atoms. The van der Waals surface area contributed by atoms with Gasteiger partial charge in [0, 0.05) is 9.37 Å². The van der Waals surface area contributed by atoms with Gasteiger partial charge in [0.05, 0.1) is 5.56 Å². The van der Waals surface area contributed by atoms with Crippen LogP contribution in [-0.4, -0.2) is 0 Å². The van der Waals surface area contributed by atoms with Gasteiger partial charge in [-0.15, -0.1) is 12.6 Å². The van der Waals surface area contributed by atoms with Crippen LogP contribution in [0.4, 0.5) is 0 Å². The third-order valence-electron chi connectivity index (χ3n) is 1.44. The third kappa shape index (κ3) is 1.58. The first-order valence-electron chi connectivity index (χ1n) is 3.05. The monoisotopic (exact) mass is 227 g/mol. The summed E-state index contributed by atoms with van der Waals surface area (Å²) in [7, 11) is 0. The molecule has 3 heteroatoms. The summed E-state index contributed by atoms with van der Waals surface area (Å²) < 4.78 is 0.781. The van der Waals surface area contributed by atoms with Crippen LogP contribution in [-0.2, 0) is 0 Å². The normalized spacial score (nSPS) is 9.27. The molecule has 1 aromatic carbocycles. The van der Waals surface area contributed by atoms with Gasteiger partial charge in [-0.2, -0.15) is 5.26 Å². The van der Waals surface area contributed by atoms with E-state index in [1.807, 2.05) is 13.0 Å². The van der Waals surface area contributed by atoms with Gasteiger partial charge in [-0.05, 0) is 34.5 Å². The number of aryl methyl sites for hydroxylation is 1. The Morgan fingerprint density at radius 1 is 1.55 bits per heavy atom. The summed E-state index contributed by atoms with van der Waals surface area (Å²) in [4.78, 5) is 0.837. The van der Waals surface area contributed by atoms with Crippen LogP contribution in [0.5, 0.6) is 0 Å². The van der Waals surface area contributed by atoms with E-state index in [9.17, 15) is 0 Å². The zero-order chi connectivity index (χ0) is 8.43. The van der Waals surface area contributed by atoms with E-state index < -0.39 is 0 Å². The Morgan fingerprint density at radius 3 is 2.73 bits per heavy atom. The molecule has 0 unspecified atom stereocenters. The van der Waals surface area contributed by atoms with E-state index in [4.69, 9.17) is 5.26 Å². The Balaban J connectivity index is 3.40. The van der Waals surface area contributed by atoms with E-state index >= 15 is 0 Å². The predicted octanol–water partition coefficient (Wildman–Crippen LogP) is 2.92. The summed E-state index contributed by atoms with van der Waals surface area (Å²) in [5.41, 5.74) is 1.69. The Bertz CT molecular complexity index is 328. The number of nitrogens with zero attached hydrogens (tertiary/aromatic N) is 1. The Morgan fingerprint density at radius 2 is 2.18 bits per heavy atom. The molecule has 0 aliphatic rings. The Labute approximate surface area is 79.6 Å². The number of thiol groups is 1. The molecule has 0 atom stereocenters. The first kappa shape index (κ1) is 8.63. The minimum Gasteiger partial charge on any atom is -0.192 e. The second-order valence-electron chi connectivity index (χ2n) is 2.20. The number of benzene rings is 1. The molecular formula is C8H6BrNS. The van der Waals surface area contributed by atoms with Gasteiger partial charge in [0.1, 0.15) is 6.07 Å². The van der Waals surface area contributed by atoms with Crippen molar-refractivity contribution in [3.63, 3.8) is 0 Å². The van der Waals surface area contributed by atoms with Crippen molar-refractivity contribution in [2.45, 2.75) is 11.8 Å². The SMILES string of the molecule is Cc1ccc(C#N)c(Br)c1S. The summed E-state index contributed by atoms with van der Waals surface area (Å²) in [5.74, 6) is 0. The zero-order valence-electron chi connectivity index (χ0n) is 5.93. The van der Waals surface area contributed by atoms with Gasteiger partial charge >= 0.3 is 0 Å². The predicted molar refractivity (Wildman–Crippen MR) is 50.8 cm³/mol. The summed E-state index contributed by atoms with van der Waals surface area (Å²) in [6, 6.07) is 5.73. The van der Waals surface area contributed by atoms with Gasteiger partial charge in [0.2, 0.25) is 0 Å². The molecule has 1 nitrogen and oxygen atoms in total. The van der Waals surface area contributed by atoms with Crippen LogP contribution in [0.25, 0.3) is 0 Å². The summed E-state index contributed by atoms with van der Waals surface area (Å²) >= 11 is 7.53. The number of nitriles is 1. The summed E-state index contributed by atoms with van der Waals surface area (Å²) in [6.07, 6.45) is 0. The van der Waals surface area contributed by atoms with Crippen molar-refractivity contribution >= 4 is 28.6 Å². The second-order valence-corrected chi connectivity index (χ2v) is 3.44. The molecular weight excluding hydrogens is 222 g/mol. The molecule has 1 aromatic rings. The lowest BCUT2D eigenvalue weighted by molar-refractivity contribution is 1.26. The van der Waals surface area contributed by atoms with Gasteiger partial charge in [0.25, 0.3) is 0 Å². The first-order valence-corrected chi connectivity index (χ1v) is 4.29. The van der Waals surface area contributed by atoms with Crippen molar-refractivity contribution < 1.29 is 0 Å². The largest absolute Gasteiger partial charge is 0.192 e. The molecule has 11 heavy (non-hydrogen) atoms. The van der Waals surface area contributed by atoms with E-state index in [2.05, 4.69) is 34.6 Å². The fourth-order valence-electron chi connectivity index (χ4n) is 0.747. The molecule has 0 aliphatic heterocycles. The molecule has 0 radical (unpaired) electrons. The smallest absolute Gasteiger partial charge is 0.100 e. The number of halogens is 1. The maximum absolute atomic E-state index is 8.62. The topological polar surface area (TPSA) is 23.8 Å². The van der Waals surface area contributed by atoms with Crippen molar-refractivity contribution in [1.29, 1.82) is 5.26 Å². The highest BCUT2D eigenvalue weighted by Gasteiger charge is 2.03. The quantitative estimate of drug-likeness (QED) is 0.678. The fourth-order valence-corrected chi connectivity index (χ4v) is 1.48. The van der Waals surface area contributed by atoms with Crippen molar-refractivity contribution in [1.82, 2.24) is 0 Å². The molecule has 0 aliphatic carbocycles. The number of hydrogen-bond donors (Lipinski definition) is 1. The van der Waals surface area contributed by atoms with Crippen molar-refractivity contribution in [2.24, 2.45) is 0 Å². The van der Waals surface area contributed by atoms with E-state index in [0.29, 0.717) is 5.56 Å². The van der Waals surface area contributed by atoms with Gasteiger partial charge in [-0.25, -0.2) is 0 Å². The number of hydrogen-bond acceptors (Lipinski definition) is 2. The van der Waals surface area contributed by atoms with E-state index in [-0.39, 0.29) is 0 Å². The number of rotatable bonds is 0. The van der Waals surface area contributed by atoms with Crippen LogP contribution in [0.1, 0.15) is 11.1 Å². The van der Waals surface area contributed by atoms with Gasteiger partial charge in [-0.1, -0.05) is 6.07 Å². The highest BCUT2D eigenvalue weighted by molar-refractivity contribution is 9.10. The molecule has 0 saturated carbocycles. The van der Waals surface area contributed by atoms with Crippen LogP contribution in [0.2, 0.25) is 0 Å². The Kier molecular flexibility index (Phi) is 2.58. The molecule has 0 amide bonds. The molecule has 0 spiro atoms. The molecule has 56 valence electrons. The lowest BCUT2D eigenvalue weighted by atomic mass is 10.2. The van der Waals surface area contributed by atoms with Crippen LogP contribution >= 0.6 is 28.6 Å². The van der Waals surface area contributed by atoms with Crippen LogP contribution < -0.4 is 0 Å². The fraction of sp³-hybridized carbons (Fsp3) is 0.125. The van der Waals surface area contributed by atoms with Gasteiger partial charge < -0.3 is 0 Å².